The van der Waals surface area contributed by atoms with E-state index < -0.39 is 23.6 Å². The Hall–Kier alpha value is -2.02. The average Bonchev–Trinajstić information content (AvgIpc) is 2.78. The molecular formula is C14H17F2N3O2. The third kappa shape index (κ3) is 3.36. The molecule has 0 saturated carbocycles. The van der Waals surface area contributed by atoms with Crippen molar-refractivity contribution in [3.05, 3.63) is 29.8 Å². The quantitative estimate of drug-likeness (QED) is 0.849. The largest absolute Gasteiger partial charge is 0.344 e. The van der Waals surface area contributed by atoms with E-state index in [1.807, 2.05) is 0 Å². The van der Waals surface area contributed by atoms with Crippen LogP contribution in [-0.4, -0.2) is 30.9 Å². The molecule has 0 aromatic heterocycles. The van der Waals surface area contributed by atoms with Gasteiger partial charge in [0.2, 0.25) is 11.8 Å². The van der Waals surface area contributed by atoms with E-state index in [1.54, 1.807) is 0 Å². The second-order valence-corrected chi connectivity index (χ2v) is 4.86. The summed E-state index contributed by atoms with van der Waals surface area (Å²) in [6.07, 6.45) is 1.08. The van der Waals surface area contributed by atoms with Crippen molar-refractivity contribution in [3.63, 3.8) is 0 Å². The van der Waals surface area contributed by atoms with Crippen LogP contribution in [0.15, 0.2) is 18.2 Å². The summed E-state index contributed by atoms with van der Waals surface area (Å²) in [4.78, 5) is 24.8. The molecule has 3 N–H and O–H groups in total. The van der Waals surface area contributed by atoms with Gasteiger partial charge in [0, 0.05) is 13.0 Å². The monoisotopic (exact) mass is 297 g/mol. The lowest BCUT2D eigenvalue weighted by Crippen LogP contribution is -2.42. The average molecular weight is 297 g/mol. The van der Waals surface area contributed by atoms with Crippen LogP contribution >= 0.6 is 0 Å². The standard InChI is InChI=1S/C14H17F2N3O2/c15-9-3-1-4-10(16)13(9)19-8-6-11(14(19)21)18-12(20)5-2-7-17/h1,3-4,11H,2,5-8,17H2,(H,18,20). The number of amides is 2. The maximum Gasteiger partial charge on any atom is 0.249 e. The Kier molecular flexibility index (Phi) is 4.85. The van der Waals surface area contributed by atoms with Gasteiger partial charge in [-0.2, -0.15) is 0 Å². The number of hydrogen-bond acceptors (Lipinski definition) is 3. The van der Waals surface area contributed by atoms with E-state index in [0.29, 0.717) is 19.4 Å². The normalized spacial score (nSPS) is 18.1. The fourth-order valence-corrected chi connectivity index (χ4v) is 2.31. The molecule has 1 aliphatic heterocycles. The first-order valence-corrected chi connectivity index (χ1v) is 6.79. The van der Waals surface area contributed by atoms with Gasteiger partial charge >= 0.3 is 0 Å². The second-order valence-electron chi connectivity index (χ2n) is 4.86. The van der Waals surface area contributed by atoms with Gasteiger partial charge in [0.15, 0.2) is 0 Å². The number of halogens is 2. The highest BCUT2D eigenvalue weighted by atomic mass is 19.1. The number of hydrogen-bond donors (Lipinski definition) is 2. The minimum atomic E-state index is -0.793. The summed E-state index contributed by atoms with van der Waals surface area (Å²) >= 11 is 0. The van der Waals surface area contributed by atoms with Gasteiger partial charge in [-0.05, 0) is 31.5 Å². The van der Waals surface area contributed by atoms with E-state index in [4.69, 9.17) is 5.73 Å². The Labute approximate surface area is 121 Å². The smallest absolute Gasteiger partial charge is 0.249 e. The summed E-state index contributed by atoms with van der Waals surface area (Å²) in [6, 6.07) is 2.69. The van der Waals surface area contributed by atoms with E-state index in [-0.39, 0.29) is 24.6 Å². The molecule has 2 amide bonds. The summed E-state index contributed by atoms with van der Waals surface area (Å²) < 4.78 is 27.4. The van der Waals surface area contributed by atoms with Gasteiger partial charge in [0.05, 0.1) is 0 Å². The molecule has 0 bridgehead atoms. The number of carbonyl (C=O) groups is 2. The van der Waals surface area contributed by atoms with E-state index in [2.05, 4.69) is 5.32 Å². The van der Waals surface area contributed by atoms with Crippen molar-refractivity contribution in [1.29, 1.82) is 0 Å². The topological polar surface area (TPSA) is 75.4 Å². The van der Waals surface area contributed by atoms with Gasteiger partial charge in [-0.15, -0.1) is 0 Å². The van der Waals surface area contributed by atoms with Gasteiger partial charge in [0.1, 0.15) is 23.4 Å². The Morgan fingerprint density at radius 2 is 2.05 bits per heavy atom. The van der Waals surface area contributed by atoms with Crippen LogP contribution in [0.2, 0.25) is 0 Å². The highest BCUT2D eigenvalue weighted by molar-refractivity contribution is 6.01. The molecule has 21 heavy (non-hydrogen) atoms. The van der Waals surface area contributed by atoms with Gasteiger partial charge in [-0.3, -0.25) is 9.59 Å². The fraction of sp³-hybridized carbons (Fsp3) is 0.429. The fourth-order valence-electron chi connectivity index (χ4n) is 2.31. The van der Waals surface area contributed by atoms with Crippen molar-refractivity contribution < 1.29 is 18.4 Å². The Morgan fingerprint density at radius 1 is 1.38 bits per heavy atom. The van der Waals surface area contributed by atoms with Crippen LogP contribution in [0, 0.1) is 11.6 Å². The zero-order valence-corrected chi connectivity index (χ0v) is 11.4. The number of para-hydroxylation sites is 1. The first kappa shape index (κ1) is 15.4. The van der Waals surface area contributed by atoms with Crippen LogP contribution in [0.4, 0.5) is 14.5 Å². The number of rotatable bonds is 5. The molecule has 0 aliphatic carbocycles. The summed E-state index contributed by atoms with van der Waals surface area (Å²) in [5.74, 6) is -2.37. The summed E-state index contributed by atoms with van der Waals surface area (Å²) in [5.41, 5.74) is 4.95. The predicted molar refractivity (Wildman–Crippen MR) is 73.5 cm³/mol. The minimum Gasteiger partial charge on any atom is -0.344 e. The Morgan fingerprint density at radius 3 is 2.67 bits per heavy atom. The third-order valence-electron chi connectivity index (χ3n) is 3.36. The summed E-state index contributed by atoms with van der Waals surface area (Å²) in [5, 5.41) is 2.57. The van der Waals surface area contributed by atoms with Crippen molar-refractivity contribution in [2.45, 2.75) is 25.3 Å². The lowest BCUT2D eigenvalue weighted by molar-refractivity contribution is -0.126. The molecule has 0 radical (unpaired) electrons. The molecule has 1 aromatic carbocycles. The zero-order valence-electron chi connectivity index (χ0n) is 11.4. The summed E-state index contributed by atoms with van der Waals surface area (Å²) in [7, 11) is 0. The van der Waals surface area contributed by atoms with Crippen LogP contribution in [0.3, 0.4) is 0 Å². The van der Waals surface area contributed by atoms with Crippen molar-refractivity contribution in [2.75, 3.05) is 18.0 Å². The minimum absolute atomic E-state index is 0.165. The van der Waals surface area contributed by atoms with Crippen LogP contribution in [0.1, 0.15) is 19.3 Å². The molecule has 2 rings (SSSR count). The number of benzene rings is 1. The van der Waals surface area contributed by atoms with Crippen LogP contribution in [0.5, 0.6) is 0 Å². The maximum absolute atomic E-state index is 13.7. The van der Waals surface area contributed by atoms with Crippen molar-refractivity contribution in [3.8, 4) is 0 Å². The summed E-state index contributed by atoms with van der Waals surface area (Å²) in [6.45, 7) is 0.553. The zero-order chi connectivity index (χ0) is 15.4. The van der Waals surface area contributed by atoms with Crippen LogP contribution in [0.25, 0.3) is 0 Å². The molecule has 1 atom stereocenters. The van der Waals surface area contributed by atoms with E-state index >= 15 is 0 Å². The SMILES string of the molecule is NCCCC(=O)NC1CCN(c2c(F)cccc2F)C1=O. The number of nitrogens with zero attached hydrogens (tertiary/aromatic N) is 1. The molecule has 1 unspecified atom stereocenters. The molecule has 0 spiro atoms. The molecule has 114 valence electrons. The Bertz CT molecular complexity index is 531. The first-order valence-electron chi connectivity index (χ1n) is 6.79. The Balaban J connectivity index is 2.06. The van der Waals surface area contributed by atoms with Crippen molar-refractivity contribution in [1.82, 2.24) is 5.32 Å². The van der Waals surface area contributed by atoms with E-state index in [9.17, 15) is 18.4 Å². The molecular weight excluding hydrogens is 280 g/mol. The highest BCUT2D eigenvalue weighted by Gasteiger charge is 2.35. The first-order chi connectivity index (χ1) is 10.0. The number of nitrogens with one attached hydrogen (secondary N) is 1. The lowest BCUT2D eigenvalue weighted by Gasteiger charge is -2.18. The second kappa shape index (κ2) is 6.62. The van der Waals surface area contributed by atoms with Crippen LogP contribution in [-0.2, 0) is 9.59 Å². The predicted octanol–water partition coefficient (Wildman–Crippen LogP) is 0.925. The van der Waals surface area contributed by atoms with E-state index in [0.717, 1.165) is 17.0 Å². The van der Waals surface area contributed by atoms with Gasteiger partial charge in [0.25, 0.3) is 0 Å². The van der Waals surface area contributed by atoms with Gasteiger partial charge < -0.3 is 16.0 Å². The van der Waals surface area contributed by atoms with Crippen molar-refractivity contribution >= 4 is 17.5 Å². The maximum atomic E-state index is 13.7. The van der Waals surface area contributed by atoms with Gasteiger partial charge in [-0.25, -0.2) is 8.78 Å². The molecule has 1 aromatic rings. The highest BCUT2D eigenvalue weighted by Crippen LogP contribution is 2.27. The number of carbonyl (C=O) groups excluding carboxylic acids is 2. The number of anilines is 1. The van der Waals surface area contributed by atoms with E-state index in [1.165, 1.54) is 6.07 Å². The lowest BCUT2D eigenvalue weighted by atomic mass is 10.2. The molecule has 5 nitrogen and oxygen atoms in total. The number of nitrogens with two attached hydrogens (primary N) is 1. The van der Waals surface area contributed by atoms with Gasteiger partial charge in [-0.1, -0.05) is 6.07 Å². The van der Waals surface area contributed by atoms with Crippen molar-refractivity contribution in [2.24, 2.45) is 5.73 Å². The third-order valence-corrected chi connectivity index (χ3v) is 3.36. The molecule has 1 aliphatic rings. The molecule has 1 heterocycles. The molecule has 1 saturated heterocycles. The molecule has 7 heteroatoms. The molecule has 1 fully saturated rings. The van der Waals surface area contributed by atoms with Crippen LogP contribution < -0.4 is 16.0 Å².